The lowest BCUT2D eigenvalue weighted by Gasteiger charge is -2.11. The van der Waals surface area contributed by atoms with E-state index in [0.29, 0.717) is 17.1 Å². The molecule has 0 heterocycles. The minimum Gasteiger partial charge on any atom is -0.397 e. The highest BCUT2D eigenvalue weighted by atomic mass is 79.9. The number of sulfonamides is 1. The number of rotatable bonds is 4. The molecule has 22 heavy (non-hydrogen) atoms. The maximum absolute atomic E-state index is 12.3. The highest BCUT2D eigenvalue weighted by Crippen LogP contribution is 2.26. The highest BCUT2D eigenvalue weighted by Gasteiger charge is 2.15. The molecule has 0 aliphatic rings. The quantitative estimate of drug-likeness (QED) is 0.706. The molecule has 0 aliphatic carbocycles. The predicted molar refractivity (Wildman–Crippen MR) is 90.1 cm³/mol. The minimum atomic E-state index is -3.75. The van der Waals surface area contributed by atoms with Gasteiger partial charge < -0.3 is 11.1 Å². The summed E-state index contributed by atoms with van der Waals surface area (Å²) in [5, 5.41) is 2.57. The van der Waals surface area contributed by atoms with Gasteiger partial charge in [-0.1, -0.05) is 15.9 Å². The van der Waals surface area contributed by atoms with E-state index in [-0.39, 0.29) is 10.8 Å². The zero-order valence-corrected chi connectivity index (χ0v) is 14.0. The SMILES string of the molecule is CC(=O)Nc1ccc(S(=O)(=O)Nc2ccc(Br)cc2N)cc1. The lowest BCUT2D eigenvalue weighted by atomic mass is 10.3. The largest absolute Gasteiger partial charge is 0.397 e. The summed E-state index contributed by atoms with van der Waals surface area (Å²) in [5.74, 6) is -0.226. The molecule has 2 rings (SSSR count). The Morgan fingerprint density at radius 2 is 1.77 bits per heavy atom. The van der Waals surface area contributed by atoms with E-state index in [9.17, 15) is 13.2 Å². The second-order valence-electron chi connectivity index (χ2n) is 4.54. The number of halogens is 1. The van der Waals surface area contributed by atoms with E-state index in [1.54, 1.807) is 18.2 Å². The van der Waals surface area contributed by atoms with Gasteiger partial charge in [0.1, 0.15) is 0 Å². The Kier molecular flexibility index (Phi) is 4.72. The van der Waals surface area contributed by atoms with E-state index in [2.05, 4.69) is 26.0 Å². The maximum Gasteiger partial charge on any atom is 0.261 e. The normalized spacial score (nSPS) is 11.0. The molecule has 0 unspecified atom stereocenters. The van der Waals surface area contributed by atoms with E-state index in [0.717, 1.165) is 4.47 Å². The van der Waals surface area contributed by atoms with Crippen LogP contribution in [0.3, 0.4) is 0 Å². The molecule has 2 aromatic carbocycles. The van der Waals surface area contributed by atoms with Crippen LogP contribution in [0, 0.1) is 0 Å². The molecule has 2 aromatic rings. The minimum absolute atomic E-state index is 0.0731. The first-order valence-electron chi connectivity index (χ1n) is 6.23. The summed E-state index contributed by atoms with van der Waals surface area (Å²) in [5.41, 5.74) is 6.92. The van der Waals surface area contributed by atoms with Crippen molar-refractivity contribution < 1.29 is 13.2 Å². The zero-order valence-electron chi connectivity index (χ0n) is 11.6. The maximum atomic E-state index is 12.3. The molecule has 0 radical (unpaired) electrons. The van der Waals surface area contributed by atoms with Gasteiger partial charge in [-0.3, -0.25) is 9.52 Å². The summed E-state index contributed by atoms with van der Waals surface area (Å²) in [7, 11) is -3.75. The standard InChI is InChI=1S/C14H14BrN3O3S/c1-9(19)17-11-3-5-12(6-4-11)22(20,21)18-14-7-2-10(15)8-13(14)16/h2-8,18H,16H2,1H3,(H,17,19). The van der Waals surface area contributed by atoms with Gasteiger partial charge in [0.2, 0.25) is 5.91 Å². The Bertz CT molecular complexity index is 805. The molecule has 0 aliphatic heterocycles. The third-order valence-electron chi connectivity index (χ3n) is 2.74. The summed E-state index contributed by atoms with van der Waals surface area (Å²) < 4.78 is 27.8. The summed E-state index contributed by atoms with van der Waals surface area (Å²) in [6, 6.07) is 10.7. The van der Waals surface area contributed by atoms with Gasteiger partial charge in [-0.25, -0.2) is 8.42 Å². The number of nitrogens with two attached hydrogens (primary N) is 1. The number of hydrogen-bond donors (Lipinski definition) is 3. The van der Waals surface area contributed by atoms with Gasteiger partial charge >= 0.3 is 0 Å². The third kappa shape index (κ3) is 3.99. The van der Waals surface area contributed by atoms with Crippen molar-refractivity contribution in [2.45, 2.75) is 11.8 Å². The van der Waals surface area contributed by atoms with Crippen molar-refractivity contribution in [3.05, 3.63) is 46.9 Å². The monoisotopic (exact) mass is 383 g/mol. The molecular weight excluding hydrogens is 370 g/mol. The van der Waals surface area contributed by atoms with Crippen molar-refractivity contribution in [1.29, 1.82) is 0 Å². The molecule has 0 aromatic heterocycles. The van der Waals surface area contributed by atoms with E-state index < -0.39 is 10.0 Å². The molecule has 0 spiro atoms. The smallest absolute Gasteiger partial charge is 0.261 e. The molecule has 0 fully saturated rings. The summed E-state index contributed by atoms with van der Waals surface area (Å²) in [4.78, 5) is 11.0. The number of amides is 1. The molecule has 0 atom stereocenters. The van der Waals surface area contributed by atoms with Gasteiger partial charge in [0.25, 0.3) is 10.0 Å². The topological polar surface area (TPSA) is 101 Å². The van der Waals surface area contributed by atoms with Crippen LogP contribution in [0.25, 0.3) is 0 Å². The van der Waals surface area contributed by atoms with Crippen molar-refractivity contribution in [2.24, 2.45) is 0 Å². The molecular formula is C14H14BrN3O3S. The van der Waals surface area contributed by atoms with Gasteiger partial charge in [-0.2, -0.15) is 0 Å². The molecule has 8 heteroatoms. The molecule has 6 nitrogen and oxygen atoms in total. The van der Waals surface area contributed by atoms with Crippen LogP contribution in [0.2, 0.25) is 0 Å². The molecule has 4 N–H and O–H groups in total. The first kappa shape index (κ1) is 16.3. The van der Waals surface area contributed by atoms with Crippen molar-refractivity contribution in [3.8, 4) is 0 Å². The van der Waals surface area contributed by atoms with Gasteiger partial charge in [0.15, 0.2) is 0 Å². The Morgan fingerprint density at radius 3 is 2.32 bits per heavy atom. The zero-order chi connectivity index (χ0) is 16.3. The first-order chi connectivity index (χ1) is 10.3. The molecule has 0 bridgehead atoms. The van der Waals surface area contributed by atoms with Crippen molar-refractivity contribution >= 4 is 48.9 Å². The number of hydrogen-bond acceptors (Lipinski definition) is 4. The van der Waals surface area contributed by atoms with E-state index in [1.165, 1.54) is 31.2 Å². The Balaban J connectivity index is 2.24. The fourth-order valence-corrected chi connectivity index (χ4v) is 3.22. The molecule has 0 saturated carbocycles. The second-order valence-corrected chi connectivity index (χ2v) is 7.14. The van der Waals surface area contributed by atoms with Crippen LogP contribution in [0.15, 0.2) is 51.8 Å². The van der Waals surface area contributed by atoms with Gasteiger partial charge in [0, 0.05) is 17.1 Å². The van der Waals surface area contributed by atoms with Crippen LogP contribution in [0.5, 0.6) is 0 Å². The molecule has 0 saturated heterocycles. The van der Waals surface area contributed by atoms with E-state index >= 15 is 0 Å². The predicted octanol–water partition coefficient (Wildman–Crippen LogP) is 2.79. The van der Waals surface area contributed by atoms with Crippen LogP contribution >= 0.6 is 15.9 Å². The van der Waals surface area contributed by atoms with Gasteiger partial charge in [0.05, 0.1) is 16.3 Å². The Labute approximate surface area is 136 Å². The van der Waals surface area contributed by atoms with E-state index in [1.807, 2.05) is 0 Å². The number of carbonyl (C=O) groups excluding carboxylic acids is 1. The van der Waals surface area contributed by atoms with Crippen LogP contribution in [0.4, 0.5) is 17.1 Å². The highest BCUT2D eigenvalue weighted by molar-refractivity contribution is 9.10. The summed E-state index contributed by atoms with van der Waals surface area (Å²) in [6.45, 7) is 1.38. The van der Waals surface area contributed by atoms with Gasteiger partial charge in [-0.15, -0.1) is 0 Å². The fraction of sp³-hybridized carbons (Fsp3) is 0.0714. The number of carbonyl (C=O) groups is 1. The number of benzene rings is 2. The van der Waals surface area contributed by atoms with Crippen LogP contribution < -0.4 is 15.8 Å². The van der Waals surface area contributed by atoms with E-state index in [4.69, 9.17) is 5.73 Å². The van der Waals surface area contributed by atoms with Crippen LogP contribution in [-0.4, -0.2) is 14.3 Å². The number of anilines is 3. The number of nitrogen functional groups attached to an aromatic ring is 1. The second kappa shape index (κ2) is 6.37. The van der Waals surface area contributed by atoms with Crippen molar-refractivity contribution in [1.82, 2.24) is 0 Å². The van der Waals surface area contributed by atoms with Crippen molar-refractivity contribution in [2.75, 3.05) is 15.8 Å². The average molecular weight is 384 g/mol. The molecule has 116 valence electrons. The van der Waals surface area contributed by atoms with Crippen LogP contribution in [-0.2, 0) is 14.8 Å². The average Bonchev–Trinajstić information content (AvgIpc) is 2.42. The first-order valence-corrected chi connectivity index (χ1v) is 8.51. The fourth-order valence-electron chi connectivity index (χ4n) is 1.75. The Hall–Kier alpha value is -2.06. The summed E-state index contributed by atoms with van der Waals surface area (Å²) in [6.07, 6.45) is 0. The van der Waals surface area contributed by atoms with Crippen molar-refractivity contribution in [3.63, 3.8) is 0 Å². The Morgan fingerprint density at radius 1 is 1.14 bits per heavy atom. The lowest BCUT2D eigenvalue weighted by molar-refractivity contribution is -0.114. The third-order valence-corrected chi connectivity index (χ3v) is 4.62. The van der Waals surface area contributed by atoms with Crippen LogP contribution in [0.1, 0.15) is 6.92 Å². The molecule has 1 amide bonds. The van der Waals surface area contributed by atoms with Gasteiger partial charge in [-0.05, 0) is 42.5 Å². The lowest BCUT2D eigenvalue weighted by Crippen LogP contribution is -2.14. The summed E-state index contributed by atoms with van der Waals surface area (Å²) >= 11 is 3.26. The number of nitrogens with one attached hydrogen (secondary N) is 2.